The van der Waals surface area contributed by atoms with Crippen LogP contribution in [0.25, 0.3) is 0 Å². The largest absolute Gasteiger partial charge is 0.493 e. The van der Waals surface area contributed by atoms with Gasteiger partial charge in [-0.15, -0.1) is 0 Å². The van der Waals surface area contributed by atoms with Crippen LogP contribution in [0, 0.1) is 13.8 Å². The number of hydrazone groups is 1. The minimum absolute atomic E-state index is 0.206. The van der Waals surface area contributed by atoms with Gasteiger partial charge in [0.2, 0.25) is 0 Å². The summed E-state index contributed by atoms with van der Waals surface area (Å²) in [4.78, 5) is 2.43. The van der Waals surface area contributed by atoms with Crippen molar-refractivity contribution in [3.8, 4) is 11.5 Å². The molecule has 128 valence electrons. The molecule has 1 N–H and O–H groups in total. The second-order valence-corrected chi connectivity index (χ2v) is 6.83. The van der Waals surface area contributed by atoms with Gasteiger partial charge in [0.25, 0.3) is 10.0 Å². The number of rotatable bonds is 6. The molecule has 0 bridgehead atoms. The number of nitrogens with zero attached hydrogens (tertiary/aromatic N) is 1. The molecule has 0 fully saturated rings. The molecule has 0 saturated carbocycles. The Bertz CT molecular complexity index is 861. The van der Waals surface area contributed by atoms with Crippen LogP contribution in [0.3, 0.4) is 0 Å². The zero-order valence-electron chi connectivity index (χ0n) is 14.0. The summed E-state index contributed by atoms with van der Waals surface area (Å²) in [6.45, 7) is 3.58. The second-order valence-electron chi connectivity index (χ2n) is 5.20. The zero-order valence-corrected chi connectivity index (χ0v) is 14.8. The molecule has 0 heterocycles. The van der Waals surface area contributed by atoms with Gasteiger partial charge in [0.05, 0.1) is 25.3 Å². The first-order valence-electron chi connectivity index (χ1n) is 7.22. The molecule has 0 aliphatic carbocycles. The Labute approximate surface area is 142 Å². The Hall–Kier alpha value is -2.54. The molecule has 0 aliphatic heterocycles. The quantitative estimate of drug-likeness (QED) is 0.643. The van der Waals surface area contributed by atoms with Crippen molar-refractivity contribution < 1.29 is 17.9 Å². The third kappa shape index (κ3) is 3.86. The number of aryl methyl sites for hydroxylation is 2. The fourth-order valence-electron chi connectivity index (χ4n) is 2.22. The molecule has 24 heavy (non-hydrogen) atoms. The van der Waals surface area contributed by atoms with E-state index in [-0.39, 0.29) is 4.90 Å². The van der Waals surface area contributed by atoms with E-state index in [0.29, 0.717) is 22.6 Å². The van der Waals surface area contributed by atoms with Gasteiger partial charge in [-0.3, -0.25) is 0 Å². The summed E-state index contributed by atoms with van der Waals surface area (Å²) in [5, 5.41) is 3.85. The highest BCUT2D eigenvalue weighted by molar-refractivity contribution is 7.89. The Kier molecular flexibility index (Phi) is 5.46. The lowest BCUT2D eigenvalue weighted by atomic mass is 10.2. The molecule has 2 aromatic rings. The van der Waals surface area contributed by atoms with Gasteiger partial charge in [-0.05, 0) is 43.2 Å². The second kappa shape index (κ2) is 7.35. The molecule has 0 amide bonds. The molecule has 0 radical (unpaired) electrons. The third-order valence-electron chi connectivity index (χ3n) is 3.44. The zero-order chi connectivity index (χ0) is 17.7. The van der Waals surface area contributed by atoms with E-state index < -0.39 is 10.0 Å². The van der Waals surface area contributed by atoms with Crippen LogP contribution < -0.4 is 14.3 Å². The first kappa shape index (κ1) is 17.8. The van der Waals surface area contributed by atoms with Crippen molar-refractivity contribution in [2.75, 3.05) is 14.2 Å². The van der Waals surface area contributed by atoms with E-state index >= 15 is 0 Å². The van der Waals surface area contributed by atoms with E-state index in [1.807, 2.05) is 13.0 Å². The topological polar surface area (TPSA) is 77.0 Å². The standard InChI is InChI=1S/C17H20N2O4S/c1-12-8-9-13(2)16(10-12)24(20,21)19-18-11-14-6-5-7-15(22-3)17(14)23-4/h5-11,19H,1-4H3/b18-11-. The lowest BCUT2D eigenvalue weighted by Gasteiger charge is -2.10. The predicted molar refractivity (Wildman–Crippen MR) is 93.4 cm³/mol. The van der Waals surface area contributed by atoms with E-state index in [9.17, 15) is 8.42 Å². The summed E-state index contributed by atoms with van der Waals surface area (Å²) in [5.41, 5.74) is 2.11. The van der Waals surface area contributed by atoms with Crippen LogP contribution in [0.15, 0.2) is 46.4 Å². The minimum Gasteiger partial charge on any atom is -0.493 e. The van der Waals surface area contributed by atoms with Crippen LogP contribution in [-0.2, 0) is 10.0 Å². The molecule has 7 heteroatoms. The van der Waals surface area contributed by atoms with Crippen molar-refractivity contribution in [3.63, 3.8) is 0 Å². The van der Waals surface area contributed by atoms with Gasteiger partial charge in [0.1, 0.15) is 0 Å². The highest BCUT2D eigenvalue weighted by Crippen LogP contribution is 2.29. The first-order chi connectivity index (χ1) is 11.4. The van der Waals surface area contributed by atoms with Crippen LogP contribution in [0.5, 0.6) is 11.5 Å². The van der Waals surface area contributed by atoms with Gasteiger partial charge in [-0.25, -0.2) is 4.83 Å². The van der Waals surface area contributed by atoms with Crippen LogP contribution in [0.2, 0.25) is 0 Å². The molecule has 2 aromatic carbocycles. The maximum atomic E-state index is 12.4. The SMILES string of the molecule is COc1cccc(/C=N\NS(=O)(=O)c2cc(C)ccc2C)c1OC. The maximum Gasteiger partial charge on any atom is 0.276 e. The van der Waals surface area contributed by atoms with Crippen LogP contribution in [0.4, 0.5) is 0 Å². The Morgan fingerprint density at radius 1 is 1.08 bits per heavy atom. The lowest BCUT2D eigenvalue weighted by molar-refractivity contribution is 0.354. The van der Waals surface area contributed by atoms with Gasteiger partial charge >= 0.3 is 0 Å². The lowest BCUT2D eigenvalue weighted by Crippen LogP contribution is -2.19. The average Bonchev–Trinajstić information content (AvgIpc) is 2.56. The van der Waals surface area contributed by atoms with Gasteiger partial charge in [-0.1, -0.05) is 18.2 Å². The summed E-state index contributed by atoms with van der Waals surface area (Å²) in [7, 11) is -0.700. The molecule has 0 aliphatic rings. The van der Waals surface area contributed by atoms with E-state index in [4.69, 9.17) is 9.47 Å². The van der Waals surface area contributed by atoms with Crippen molar-refractivity contribution in [3.05, 3.63) is 53.1 Å². The van der Waals surface area contributed by atoms with E-state index in [0.717, 1.165) is 5.56 Å². The summed E-state index contributed by atoms with van der Waals surface area (Å²) < 4.78 is 35.3. The van der Waals surface area contributed by atoms with Crippen LogP contribution >= 0.6 is 0 Å². The number of ether oxygens (including phenoxy) is 2. The molecule has 0 spiro atoms. The summed E-state index contributed by atoms with van der Waals surface area (Å²) in [5.74, 6) is 1.02. The summed E-state index contributed by atoms with van der Waals surface area (Å²) in [6, 6.07) is 10.5. The minimum atomic E-state index is -3.74. The molecule has 0 aromatic heterocycles. The fourth-order valence-corrected chi connectivity index (χ4v) is 3.35. The summed E-state index contributed by atoms with van der Waals surface area (Å²) in [6.07, 6.45) is 1.38. The maximum absolute atomic E-state index is 12.4. The molecule has 0 saturated heterocycles. The van der Waals surface area contributed by atoms with Crippen molar-refractivity contribution >= 4 is 16.2 Å². The number of sulfonamides is 1. The smallest absolute Gasteiger partial charge is 0.276 e. The Balaban J connectivity index is 2.27. The van der Waals surface area contributed by atoms with E-state index in [1.54, 1.807) is 37.3 Å². The number of nitrogens with one attached hydrogen (secondary N) is 1. The monoisotopic (exact) mass is 348 g/mol. The Morgan fingerprint density at radius 2 is 1.83 bits per heavy atom. The van der Waals surface area contributed by atoms with Gasteiger partial charge < -0.3 is 9.47 Å². The van der Waals surface area contributed by atoms with E-state index in [1.165, 1.54) is 20.4 Å². The van der Waals surface area contributed by atoms with Crippen molar-refractivity contribution in [1.29, 1.82) is 0 Å². The predicted octanol–water partition coefficient (Wildman–Crippen LogP) is 2.63. The summed E-state index contributed by atoms with van der Waals surface area (Å²) >= 11 is 0. The Morgan fingerprint density at radius 3 is 2.50 bits per heavy atom. The molecular formula is C17H20N2O4S. The van der Waals surface area contributed by atoms with Gasteiger partial charge in [-0.2, -0.15) is 13.5 Å². The van der Waals surface area contributed by atoms with Gasteiger partial charge in [0, 0.05) is 5.56 Å². The normalized spacial score (nSPS) is 11.5. The highest BCUT2D eigenvalue weighted by Gasteiger charge is 2.16. The number of para-hydroxylation sites is 1. The average molecular weight is 348 g/mol. The molecule has 6 nitrogen and oxygen atoms in total. The number of hydrogen-bond acceptors (Lipinski definition) is 5. The van der Waals surface area contributed by atoms with Crippen molar-refractivity contribution in [2.45, 2.75) is 18.7 Å². The molecule has 0 atom stereocenters. The number of benzene rings is 2. The molecule has 2 rings (SSSR count). The number of methoxy groups -OCH3 is 2. The van der Waals surface area contributed by atoms with Crippen LogP contribution in [0.1, 0.15) is 16.7 Å². The highest BCUT2D eigenvalue weighted by atomic mass is 32.2. The van der Waals surface area contributed by atoms with Gasteiger partial charge in [0.15, 0.2) is 11.5 Å². The molecular weight excluding hydrogens is 328 g/mol. The first-order valence-corrected chi connectivity index (χ1v) is 8.70. The number of hydrogen-bond donors (Lipinski definition) is 1. The molecule has 0 unspecified atom stereocenters. The fraction of sp³-hybridized carbons (Fsp3) is 0.235. The van der Waals surface area contributed by atoms with E-state index in [2.05, 4.69) is 9.93 Å². The third-order valence-corrected chi connectivity index (χ3v) is 4.81. The van der Waals surface area contributed by atoms with Crippen molar-refractivity contribution in [1.82, 2.24) is 4.83 Å². The van der Waals surface area contributed by atoms with Crippen LogP contribution in [-0.4, -0.2) is 28.9 Å². The van der Waals surface area contributed by atoms with Crippen molar-refractivity contribution in [2.24, 2.45) is 5.10 Å².